The minimum absolute atomic E-state index is 0.120. The van der Waals surface area contributed by atoms with Crippen LogP contribution in [-0.4, -0.2) is 28.7 Å². The van der Waals surface area contributed by atoms with E-state index in [2.05, 4.69) is 16.4 Å². The first-order valence-corrected chi connectivity index (χ1v) is 6.45. The van der Waals surface area contributed by atoms with Crippen LogP contribution in [0.4, 0.5) is 0 Å². The standard InChI is InChI=1S/C14H14N4O2/c1-19-11-5-2-4-10(8-11)18-14(12(9-15)16-17-18)13-6-3-7-20-13/h2,4-5,8,13H,3,6-7H2,1H3. The Morgan fingerprint density at radius 1 is 1.50 bits per heavy atom. The topological polar surface area (TPSA) is 73.0 Å². The molecule has 0 N–H and O–H groups in total. The average Bonchev–Trinajstić information content (AvgIpc) is 3.15. The lowest BCUT2D eigenvalue weighted by molar-refractivity contribution is 0.106. The Bertz CT molecular complexity index is 653. The molecule has 0 bridgehead atoms. The van der Waals surface area contributed by atoms with E-state index < -0.39 is 0 Å². The summed E-state index contributed by atoms with van der Waals surface area (Å²) in [5.41, 5.74) is 1.85. The highest BCUT2D eigenvalue weighted by Gasteiger charge is 2.27. The van der Waals surface area contributed by atoms with Crippen molar-refractivity contribution in [1.82, 2.24) is 15.0 Å². The van der Waals surface area contributed by atoms with Crippen molar-refractivity contribution in [2.24, 2.45) is 0 Å². The minimum atomic E-state index is -0.120. The van der Waals surface area contributed by atoms with Crippen molar-refractivity contribution in [1.29, 1.82) is 5.26 Å². The lowest BCUT2D eigenvalue weighted by Crippen LogP contribution is -2.08. The first kappa shape index (κ1) is 12.6. The molecule has 102 valence electrons. The van der Waals surface area contributed by atoms with Crippen molar-refractivity contribution < 1.29 is 9.47 Å². The van der Waals surface area contributed by atoms with Gasteiger partial charge < -0.3 is 9.47 Å². The minimum Gasteiger partial charge on any atom is -0.497 e. The Morgan fingerprint density at radius 2 is 2.40 bits per heavy atom. The van der Waals surface area contributed by atoms with Gasteiger partial charge in [-0.25, -0.2) is 4.68 Å². The van der Waals surface area contributed by atoms with E-state index in [1.54, 1.807) is 11.8 Å². The van der Waals surface area contributed by atoms with E-state index in [4.69, 9.17) is 9.47 Å². The van der Waals surface area contributed by atoms with Crippen LogP contribution in [0.5, 0.6) is 5.75 Å². The summed E-state index contributed by atoms with van der Waals surface area (Å²) in [4.78, 5) is 0. The van der Waals surface area contributed by atoms with Crippen LogP contribution >= 0.6 is 0 Å². The normalized spacial score (nSPS) is 17.9. The van der Waals surface area contributed by atoms with Gasteiger partial charge in [-0.05, 0) is 25.0 Å². The lowest BCUT2D eigenvalue weighted by atomic mass is 10.1. The van der Waals surface area contributed by atoms with Gasteiger partial charge in [-0.2, -0.15) is 5.26 Å². The molecular formula is C14H14N4O2. The van der Waals surface area contributed by atoms with Crippen LogP contribution in [-0.2, 0) is 4.74 Å². The molecule has 1 aliphatic heterocycles. The third-order valence-electron chi connectivity index (χ3n) is 3.34. The number of rotatable bonds is 3. The number of nitriles is 1. The molecule has 1 saturated heterocycles. The van der Waals surface area contributed by atoms with E-state index in [1.807, 2.05) is 24.3 Å². The molecule has 20 heavy (non-hydrogen) atoms. The van der Waals surface area contributed by atoms with Crippen LogP contribution in [0.15, 0.2) is 24.3 Å². The molecule has 0 saturated carbocycles. The van der Waals surface area contributed by atoms with Crippen LogP contribution in [0.2, 0.25) is 0 Å². The highest BCUT2D eigenvalue weighted by Crippen LogP contribution is 2.31. The molecule has 0 aliphatic carbocycles. The second-order valence-corrected chi connectivity index (χ2v) is 4.55. The van der Waals surface area contributed by atoms with Gasteiger partial charge in [0.1, 0.15) is 23.6 Å². The van der Waals surface area contributed by atoms with Gasteiger partial charge >= 0.3 is 0 Å². The number of aromatic nitrogens is 3. The van der Waals surface area contributed by atoms with Gasteiger partial charge in [0.05, 0.1) is 12.8 Å². The predicted octanol–water partition coefficient (Wildman–Crippen LogP) is 2.00. The molecule has 6 heteroatoms. The molecule has 1 aromatic carbocycles. The number of benzene rings is 1. The Hall–Kier alpha value is -2.39. The van der Waals surface area contributed by atoms with Gasteiger partial charge in [-0.3, -0.25) is 0 Å². The third-order valence-corrected chi connectivity index (χ3v) is 3.34. The molecule has 0 radical (unpaired) electrons. The van der Waals surface area contributed by atoms with Crippen molar-refractivity contribution in [3.05, 3.63) is 35.7 Å². The Balaban J connectivity index is 2.09. The Morgan fingerprint density at radius 3 is 3.10 bits per heavy atom. The summed E-state index contributed by atoms with van der Waals surface area (Å²) in [6, 6.07) is 9.58. The zero-order chi connectivity index (χ0) is 13.9. The molecule has 0 spiro atoms. The molecular weight excluding hydrogens is 256 g/mol. The fourth-order valence-electron chi connectivity index (χ4n) is 2.38. The van der Waals surface area contributed by atoms with Gasteiger partial charge in [0.25, 0.3) is 0 Å². The Kier molecular flexibility index (Phi) is 3.35. The summed E-state index contributed by atoms with van der Waals surface area (Å²) in [5, 5.41) is 17.2. The molecule has 1 aliphatic rings. The third kappa shape index (κ3) is 2.12. The summed E-state index contributed by atoms with van der Waals surface area (Å²) < 4.78 is 12.6. The molecule has 2 heterocycles. The highest BCUT2D eigenvalue weighted by atomic mass is 16.5. The second-order valence-electron chi connectivity index (χ2n) is 4.55. The average molecular weight is 270 g/mol. The molecule has 1 aromatic heterocycles. The highest BCUT2D eigenvalue weighted by molar-refractivity contribution is 5.42. The fourth-order valence-corrected chi connectivity index (χ4v) is 2.38. The van der Waals surface area contributed by atoms with E-state index in [-0.39, 0.29) is 6.10 Å². The van der Waals surface area contributed by atoms with Gasteiger partial charge in [0.15, 0.2) is 5.69 Å². The number of hydrogen-bond donors (Lipinski definition) is 0. The Labute approximate surface area is 116 Å². The maximum Gasteiger partial charge on any atom is 0.189 e. The zero-order valence-electron chi connectivity index (χ0n) is 11.1. The summed E-state index contributed by atoms with van der Waals surface area (Å²) in [5.74, 6) is 0.731. The maximum absolute atomic E-state index is 9.19. The van der Waals surface area contributed by atoms with Crippen molar-refractivity contribution in [2.75, 3.05) is 13.7 Å². The van der Waals surface area contributed by atoms with Gasteiger partial charge in [0.2, 0.25) is 0 Å². The van der Waals surface area contributed by atoms with Crippen molar-refractivity contribution in [2.45, 2.75) is 18.9 Å². The monoisotopic (exact) mass is 270 g/mol. The zero-order valence-corrected chi connectivity index (χ0v) is 11.1. The van der Waals surface area contributed by atoms with E-state index in [0.29, 0.717) is 12.3 Å². The summed E-state index contributed by atoms with van der Waals surface area (Å²) in [6.07, 6.45) is 1.75. The van der Waals surface area contributed by atoms with Crippen LogP contribution in [0.25, 0.3) is 5.69 Å². The predicted molar refractivity (Wildman–Crippen MR) is 70.6 cm³/mol. The quantitative estimate of drug-likeness (QED) is 0.852. The number of methoxy groups -OCH3 is 1. The van der Waals surface area contributed by atoms with Gasteiger partial charge in [0, 0.05) is 12.7 Å². The first-order chi connectivity index (χ1) is 9.83. The molecule has 2 aromatic rings. The molecule has 1 atom stereocenters. The molecule has 6 nitrogen and oxygen atoms in total. The number of ether oxygens (including phenoxy) is 2. The van der Waals surface area contributed by atoms with E-state index >= 15 is 0 Å². The van der Waals surface area contributed by atoms with Crippen LogP contribution in [0.1, 0.15) is 30.3 Å². The van der Waals surface area contributed by atoms with Crippen molar-refractivity contribution >= 4 is 0 Å². The SMILES string of the molecule is COc1cccc(-n2nnc(C#N)c2C2CCCO2)c1. The van der Waals surface area contributed by atoms with E-state index in [1.165, 1.54) is 0 Å². The number of nitrogens with zero attached hydrogens (tertiary/aromatic N) is 4. The summed E-state index contributed by atoms with van der Waals surface area (Å²) in [6.45, 7) is 0.707. The molecule has 3 rings (SSSR count). The molecule has 1 fully saturated rings. The van der Waals surface area contributed by atoms with Gasteiger partial charge in [-0.1, -0.05) is 11.3 Å². The van der Waals surface area contributed by atoms with Crippen LogP contribution < -0.4 is 4.74 Å². The molecule has 1 unspecified atom stereocenters. The second kappa shape index (κ2) is 5.31. The maximum atomic E-state index is 9.19. The lowest BCUT2D eigenvalue weighted by Gasteiger charge is -2.12. The summed E-state index contributed by atoms with van der Waals surface area (Å²) in [7, 11) is 1.61. The summed E-state index contributed by atoms with van der Waals surface area (Å²) >= 11 is 0. The largest absolute Gasteiger partial charge is 0.497 e. The fraction of sp³-hybridized carbons (Fsp3) is 0.357. The first-order valence-electron chi connectivity index (χ1n) is 6.45. The molecule has 0 amide bonds. The van der Waals surface area contributed by atoms with Crippen molar-refractivity contribution in [3.63, 3.8) is 0 Å². The van der Waals surface area contributed by atoms with Crippen LogP contribution in [0, 0.1) is 11.3 Å². The van der Waals surface area contributed by atoms with E-state index in [0.717, 1.165) is 30.0 Å². The number of hydrogen-bond acceptors (Lipinski definition) is 5. The smallest absolute Gasteiger partial charge is 0.189 e. The van der Waals surface area contributed by atoms with Gasteiger partial charge in [-0.15, -0.1) is 5.10 Å². The van der Waals surface area contributed by atoms with E-state index in [9.17, 15) is 5.26 Å². The van der Waals surface area contributed by atoms with Crippen molar-refractivity contribution in [3.8, 4) is 17.5 Å². The van der Waals surface area contributed by atoms with Crippen LogP contribution in [0.3, 0.4) is 0 Å².